The van der Waals surface area contributed by atoms with Crippen LogP contribution in [0.4, 0.5) is 0 Å². The minimum absolute atomic E-state index is 0.521. The second-order valence-corrected chi connectivity index (χ2v) is 1.58. The molecule has 0 saturated heterocycles. The Morgan fingerprint density at radius 1 is 1.38 bits per heavy atom. The third kappa shape index (κ3) is 2.64. The lowest BCUT2D eigenvalue weighted by atomic mass is 10.2. The van der Waals surface area contributed by atoms with E-state index in [2.05, 4.69) is 13.2 Å². The van der Waals surface area contributed by atoms with Crippen molar-refractivity contribution in [3.63, 3.8) is 0 Å². The van der Waals surface area contributed by atoms with Crippen molar-refractivity contribution in [2.24, 2.45) is 0 Å². The van der Waals surface area contributed by atoms with E-state index in [1.54, 1.807) is 12.2 Å². The van der Waals surface area contributed by atoms with Crippen LogP contribution in [-0.2, 0) is 0 Å². The molecule has 8 heavy (non-hydrogen) atoms. The highest BCUT2D eigenvalue weighted by Gasteiger charge is 1.77. The average Bonchev–Trinajstić information content (AvgIpc) is 1.83. The van der Waals surface area contributed by atoms with Gasteiger partial charge in [-0.1, -0.05) is 31.4 Å². The fourth-order valence-electron chi connectivity index (χ4n) is 0.339. The predicted octanol–water partition coefficient (Wildman–Crippen LogP) is 2.52. The highest BCUT2D eigenvalue weighted by Crippen LogP contribution is 1.95. The van der Waals surface area contributed by atoms with Crippen LogP contribution in [0.1, 0.15) is 0 Å². The summed E-state index contributed by atoms with van der Waals surface area (Å²) in [6.07, 6.45) is 5.28. The standard InChI is InChI=1S/C7H9Cl/c1-3-7(4-2)5-6-8/h3-5H,1-2,6H2. The molecule has 0 aliphatic carbocycles. The fraction of sp³-hybridized carbons (Fsp3) is 0.143. The summed E-state index contributed by atoms with van der Waals surface area (Å²) in [7, 11) is 0. The molecule has 0 aromatic rings. The molecule has 0 radical (unpaired) electrons. The molecule has 0 aromatic heterocycles. The van der Waals surface area contributed by atoms with Crippen molar-refractivity contribution in [2.75, 3.05) is 5.88 Å². The molecule has 0 spiro atoms. The topological polar surface area (TPSA) is 0 Å². The molecule has 0 aromatic carbocycles. The molecule has 0 bridgehead atoms. The first-order chi connectivity index (χ1) is 3.85. The second kappa shape index (κ2) is 4.66. The molecule has 0 heterocycles. The summed E-state index contributed by atoms with van der Waals surface area (Å²) in [5.74, 6) is 0.521. The van der Waals surface area contributed by atoms with E-state index in [4.69, 9.17) is 11.6 Å². The van der Waals surface area contributed by atoms with E-state index >= 15 is 0 Å². The lowest BCUT2D eigenvalue weighted by Crippen LogP contribution is -1.68. The van der Waals surface area contributed by atoms with E-state index in [0.717, 1.165) is 5.57 Å². The number of rotatable bonds is 3. The molecule has 1 heteroatoms. The van der Waals surface area contributed by atoms with Crippen LogP contribution >= 0.6 is 11.6 Å². The number of alkyl halides is 1. The van der Waals surface area contributed by atoms with Gasteiger partial charge in [-0.2, -0.15) is 0 Å². The number of hydrogen-bond acceptors (Lipinski definition) is 0. The van der Waals surface area contributed by atoms with Gasteiger partial charge in [0.25, 0.3) is 0 Å². The van der Waals surface area contributed by atoms with Crippen molar-refractivity contribution in [1.29, 1.82) is 0 Å². The van der Waals surface area contributed by atoms with Gasteiger partial charge in [0, 0.05) is 5.88 Å². The Labute approximate surface area is 55.2 Å². The number of halogens is 1. The summed E-state index contributed by atoms with van der Waals surface area (Å²) < 4.78 is 0. The molecule has 0 unspecified atom stereocenters. The van der Waals surface area contributed by atoms with E-state index in [9.17, 15) is 0 Å². The zero-order valence-corrected chi connectivity index (χ0v) is 5.49. The first-order valence-corrected chi connectivity index (χ1v) is 2.89. The summed E-state index contributed by atoms with van der Waals surface area (Å²) in [6, 6.07) is 0. The third-order valence-corrected chi connectivity index (χ3v) is 0.939. The van der Waals surface area contributed by atoms with Gasteiger partial charge in [-0.25, -0.2) is 0 Å². The first kappa shape index (κ1) is 7.51. The Morgan fingerprint density at radius 2 is 1.88 bits per heavy atom. The van der Waals surface area contributed by atoms with Gasteiger partial charge >= 0.3 is 0 Å². The lowest BCUT2D eigenvalue weighted by Gasteiger charge is -1.85. The second-order valence-electron chi connectivity index (χ2n) is 1.27. The SMILES string of the molecule is C=CC(C=C)=CCCl. The van der Waals surface area contributed by atoms with Crippen molar-refractivity contribution < 1.29 is 0 Å². The minimum atomic E-state index is 0.521. The smallest absolute Gasteiger partial charge is 0.0412 e. The van der Waals surface area contributed by atoms with Gasteiger partial charge in [-0.15, -0.1) is 11.6 Å². The summed E-state index contributed by atoms with van der Waals surface area (Å²) in [6.45, 7) is 7.10. The number of hydrogen-bond donors (Lipinski definition) is 0. The maximum absolute atomic E-state index is 5.38. The first-order valence-electron chi connectivity index (χ1n) is 2.36. The molecule has 0 aliphatic rings. The predicted molar refractivity (Wildman–Crippen MR) is 39.2 cm³/mol. The Hall–Kier alpha value is -0.490. The van der Waals surface area contributed by atoms with E-state index in [-0.39, 0.29) is 0 Å². The van der Waals surface area contributed by atoms with Crippen LogP contribution in [0.5, 0.6) is 0 Å². The molecule has 44 valence electrons. The van der Waals surface area contributed by atoms with Crippen molar-refractivity contribution >= 4 is 11.6 Å². The average molecular weight is 129 g/mol. The van der Waals surface area contributed by atoms with Gasteiger partial charge in [0.1, 0.15) is 0 Å². The summed E-state index contributed by atoms with van der Waals surface area (Å²) in [4.78, 5) is 0. The Kier molecular flexibility index (Phi) is 4.38. The molecule has 0 rings (SSSR count). The van der Waals surface area contributed by atoms with Gasteiger partial charge in [0.2, 0.25) is 0 Å². The number of allylic oxidation sites excluding steroid dienone is 4. The lowest BCUT2D eigenvalue weighted by molar-refractivity contribution is 1.63. The molecule has 0 aliphatic heterocycles. The van der Waals surface area contributed by atoms with E-state index in [0.29, 0.717) is 5.88 Å². The molecule has 0 amide bonds. The molecule has 0 N–H and O–H groups in total. The Balaban J connectivity index is 3.85. The van der Waals surface area contributed by atoms with Crippen LogP contribution in [0.15, 0.2) is 37.0 Å². The van der Waals surface area contributed by atoms with Crippen LogP contribution in [0, 0.1) is 0 Å². The van der Waals surface area contributed by atoms with Crippen LogP contribution in [0.2, 0.25) is 0 Å². The third-order valence-electron chi connectivity index (χ3n) is 0.784. The molecule has 0 nitrogen and oxygen atoms in total. The van der Waals surface area contributed by atoms with Gasteiger partial charge in [0.05, 0.1) is 0 Å². The van der Waals surface area contributed by atoms with E-state index in [1.807, 2.05) is 6.08 Å². The monoisotopic (exact) mass is 128 g/mol. The highest BCUT2D eigenvalue weighted by atomic mass is 35.5. The van der Waals surface area contributed by atoms with E-state index < -0.39 is 0 Å². The van der Waals surface area contributed by atoms with Gasteiger partial charge in [-0.3, -0.25) is 0 Å². The zero-order chi connectivity index (χ0) is 6.41. The quantitative estimate of drug-likeness (QED) is 0.405. The van der Waals surface area contributed by atoms with Gasteiger partial charge < -0.3 is 0 Å². The van der Waals surface area contributed by atoms with Crippen LogP contribution in [0.3, 0.4) is 0 Å². The summed E-state index contributed by atoms with van der Waals surface area (Å²) in [5, 5.41) is 0. The summed E-state index contributed by atoms with van der Waals surface area (Å²) >= 11 is 5.38. The largest absolute Gasteiger partial charge is 0.122 e. The molecular formula is C7H9Cl. The molecular weight excluding hydrogens is 120 g/mol. The minimum Gasteiger partial charge on any atom is -0.122 e. The van der Waals surface area contributed by atoms with Crippen molar-refractivity contribution in [1.82, 2.24) is 0 Å². The molecule has 0 atom stereocenters. The van der Waals surface area contributed by atoms with Crippen LogP contribution in [0.25, 0.3) is 0 Å². The highest BCUT2D eigenvalue weighted by molar-refractivity contribution is 6.19. The van der Waals surface area contributed by atoms with Crippen molar-refractivity contribution in [3.05, 3.63) is 37.0 Å². The Morgan fingerprint density at radius 3 is 2.00 bits per heavy atom. The maximum Gasteiger partial charge on any atom is 0.0412 e. The van der Waals surface area contributed by atoms with Crippen molar-refractivity contribution in [3.8, 4) is 0 Å². The van der Waals surface area contributed by atoms with Gasteiger partial charge in [-0.05, 0) is 5.57 Å². The Bertz CT molecular complexity index is 102. The van der Waals surface area contributed by atoms with E-state index in [1.165, 1.54) is 0 Å². The normalized spacial score (nSPS) is 7.62. The zero-order valence-electron chi connectivity index (χ0n) is 4.73. The van der Waals surface area contributed by atoms with Crippen LogP contribution in [-0.4, -0.2) is 5.88 Å². The summed E-state index contributed by atoms with van der Waals surface area (Å²) in [5.41, 5.74) is 0.986. The van der Waals surface area contributed by atoms with Crippen molar-refractivity contribution in [2.45, 2.75) is 0 Å². The molecule has 0 saturated carbocycles. The van der Waals surface area contributed by atoms with Crippen LogP contribution < -0.4 is 0 Å². The fourth-order valence-corrected chi connectivity index (χ4v) is 0.517. The maximum atomic E-state index is 5.38. The van der Waals surface area contributed by atoms with Gasteiger partial charge in [0.15, 0.2) is 0 Å². The molecule has 0 fully saturated rings.